The van der Waals surface area contributed by atoms with Gasteiger partial charge >= 0.3 is 0 Å². The molecule has 0 fully saturated rings. The molecule has 5 heteroatoms. The van der Waals surface area contributed by atoms with Crippen LogP contribution in [0.2, 0.25) is 0 Å². The zero-order valence-corrected chi connectivity index (χ0v) is 7.82. The van der Waals surface area contributed by atoms with Crippen LogP contribution in [-0.4, -0.2) is 27.9 Å². The Morgan fingerprint density at radius 2 is 2.27 bits per heavy atom. The van der Waals surface area contributed by atoms with Crippen LogP contribution in [-0.2, 0) is 0 Å². The minimum absolute atomic E-state index is 0.210. The Hall–Kier alpha value is -2.35. The fourth-order valence-corrected chi connectivity index (χ4v) is 1.21. The standard InChI is InChI=1S/C10H8N4O/c1-2-5-11-10(15)7-3-4-8-9(6-7)13-14-12-8/h1,3-4,6H,5H2,(H,11,15)(H,12,13,14). The summed E-state index contributed by atoms with van der Waals surface area (Å²) in [7, 11) is 0. The maximum absolute atomic E-state index is 11.5. The Morgan fingerprint density at radius 3 is 3.07 bits per heavy atom. The minimum Gasteiger partial charge on any atom is -0.341 e. The molecule has 0 saturated carbocycles. The normalized spacial score (nSPS) is 9.80. The van der Waals surface area contributed by atoms with E-state index in [0.29, 0.717) is 11.1 Å². The third-order valence-corrected chi connectivity index (χ3v) is 1.93. The Morgan fingerprint density at radius 1 is 1.47 bits per heavy atom. The number of carbonyl (C=O) groups is 1. The molecule has 0 radical (unpaired) electrons. The molecule has 1 amide bonds. The summed E-state index contributed by atoms with van der Waals surface area (Å²) in [6, 6.07) is 5.06. The van der Waals surface area contributed by atoms with E-state index in [4.69, 9.17) is 6.42 Å². The van der Waals surface area contributed by atoms with E-state index in [0.717, 1.165) is 5.52 Å². The van der Waals surface area contributed by atoms with Crippen molar-refractivity contribution in [2.75, 3.05) is 6.54 Å². The number of nitrogens with zero attached hydrogens (tertiary/aromatic N) is 2. The van der Waals surface area contributed by atoms with Gasteiger partial charge in [-0.1, -0.05) is 5.92 Å². The van der Waals surface area contributed by atoms with Crippen molar-refractivity contribution in [1.29, 1.82) is 0 Å². The van der Waals surface area contributed by atoms with Crippen LogP contribution in [0.1, 0.15) is 10.4 Å². The molecule has 15 heavy (non-hydrogen) atoms. The van der Waals surface area contributed by atoms with Crippen LogP contribution in [0.5, 0.6) is 0 Å². The molecule has 0 spiro atoms. The van der Waals surface area contributed by atoms with E-state index in [2.05, 4.69) is 26.6 Å². The second kappa shape index (κ2) is 3.80. The van der Waals surface area contributed by atoms with Gasteiger partial charge in [-0.3, -0.25) is 4.79 Å². The molecular formula is C10H8N4O. The number of aromatic amines is 1. The van der Waals surface area contributed by atoms with Crippen molar-refractivity contribution in [3.8, 4) is 12.3 Å². The number of aromatic nitrogens is 3. The van der Waals surface area contributed by atoms with Gasteiger partial charge in [-0.15, -0.1) is 6.42 Å². The summed E-state index contributed by atoms with van der Waals surface area (Å²) in [4.78, 5) is 11.5. The summed E-state index contributed by atoms with van der Waals surface area (Å²) >= 11 is 0. The van der Waals surface area contributed by atoms with Gasteiger partial charge in [0.1, 0.15) is 11.0 Å². The minimum atomic E-state index is -0.210. The number of fused-ring (bicyclic) bond motifs is 1. The maximum atomic E-state index is 11.5. The van der Waals surface area contributed by atoms with Gasteiger partial charge < -0.3 is 5.32 Å². The van der Waals surface area contributed by atoms with Crippen LogP contribution in [0.4, 0.5) is 0 Å². The van der Waals surface area contributed by atoms with E-state index < -0.39 is 0 Å². The second-order valence-corrected chi connectivity index (χ2v) is 2.91. The molecule has 0 aliphatic heterocycles. The van der Waals surface area contributed by atoms with E-state index in [1.54, 1.807) is 18.2 Å². The average Bonchev–Trinajstić information content (AvgIpc) is 2.72. The van der Waals surface area contributed by atoms with Gasteiger partial charge in [0.05, 0.1) is 6.54 Å². The molecule has 0 saturated heterocycles. The van der Waals surface area contributed by atoms with Gasteiger partial charge in [0, 0.05) is 5.56 Å². The smallest absolute Gasteiger partial charge is 0.252 e. The van der Waals surface area contributed by atoms with Crippen LogP contribution >= 0.6 is 0 Å². The molecule has 1 heterocycles. The van der Waals surface area contributed by atoms with Crippen LogP contribution in [0.25, 0.3) is 11.0 Å². The lowest BCUT2D eigenvalue weighted by Gasteiger charge is -2.00. The van der Waals surface area contributed by atoms with E-state index in [1.165, 1.54) is 0 Å². The molecule has 2 N–H and O–H groups in total. The number of amides is 1. The first-order valence-electron chi connectivity index (χ1n) is 4.33. The first-order valence-corrected chi connectivity index (χ1v) is 4.33. The van der Waals surface area contributed by atoms with Gasteiger partial charge in [0.25, 0.3) is 5.91 Å². The van der Waals surface area contributed by atoms with Crippen LogP contribution < -0.4 is 5.32 Å². The highest BCUT2D eigenvalue weighted by Crippen LogP contribution is 2.10. The highest BCUT2D eigenvalue weighted by atomic mass is 16.1. The van der Waals surface area contributed by atoms with Crippen molar-refractivity contribution >= 4 is 16.9 Å². The first kappa shape index (κ1) is 9.21. The monoisotopic (exact) mass is 200 g/mol. The third kappa shape index (κ3) is 1.79. The Bertz CT molecular complexity index is 538. The summed E-state index contributed by atoms with van der Waals surface area (Å²) in [5, 5.41) is 12.8. The number of benzene rings is 1. The van der Waals surface area contributed by atoms with Crippen LogP contribution in [0, 0.1) is 12.3 Å². The fourth-order valence-electron chi connectivity index (χ4n) is 1.21. The predicted octanol–water partition coefficient (Wildman–Crippen LogP) is 0.321. The molecule has 0 unspecified atom stereocenters. The molecule has 0 aliphatic carbocycles. The summed E-state index contributed by atoms with van der Waals surface area (Å²) in [6.45, 7) is 0.218. The van der Waals surface area contributed by atoms with Gasteiger partial charge in [0.15, 0.2) is 0 Å². The molecule has 0 bridgehead atoms. The molecule has 0 aliphatic rings. The lowest BCUT2D eigenvalue weighted by molar-refractivity contribution is 0.0959. The summed E-state index contributed by atoms with van der Waals surface area (Å²) < 4.78 is 0. The molecule has 0 atom stereocenters. The summed E-state index contributed by atoms with van der Waals surface area (Å²) in [5.41, 5.74) is 1.90. The third-order valence-electron chi connectivity index (χ3n) is 1.93. The topological polar surface area (TPSA) is 70.7 Å². The summed E-state index contributed by atoms with van der Waals surface area (Å²) in [5.74, 6) is 2.12. The molecule has 74 valence electrons. The Labute approximate surface area is 85.9 Å². The van der Waals surface area contributed by atoms with Crippen molar-refractivity contribution < 1.29 is 4.79 Å². The Balaban J connectivity index is 2.28. The van der Waals surface area contributed by atoms with Crippen molar-refractivity contribution in [2.45, 2.75) is 0 Å². The van der Waals surface area contributed by atoms with Crippen molar-refractivity contribution in [1.82, 2.24) is 20.7 Å². The highest BCUT2D eigenvalue weighted by molar-refractivity contribution is 5.97. The SMILES string of the molecule is C#CCNC(=O)c1ccc2n[nH]nc2c1. The number of H-pyrrole nitrogens is 1. The van der Waals surface area contributed by atoms with Crippen molar-refractivity contribution in [3.63, 3.8) is 0 Å². The molecular weight excluding hydrogens is 192 g/mol. The average molecular weight is 200 g/mol. The fraction of sp³-hybridized carbons (Fsp3) is 0.100. The molecule has 2 aromatic rings. The van der Waals surface area contributed by atoms with Gasteiger partial charge in [-0.2, -0.15) is 15.4 Å². The number of nitrogens with one attached hydrogen (secondary N) is 2. The van der Waals surface area contributed by atoms with Gasteiger partial charge in [0.2, 0.25) is 0 Å². The molecule has 1 aromatic carbocycles. The van der Waals surface area contributed by atoms with E-state index in [9.17, 15) is 4.79 Å². The molecule has 1 aromatic heterocycles. The van der Waals surface area contributed by atoms with Crippen LogP contribution in [0.15, 0.2) is 18.2 Å². The number of rotatable bonds is 2. The van der Waals surface area contributed by atoms with E-state index >= 15 is 0 Å². The summed E-state index contributed by atoms with van der Waals surface area (Å²) in [6.07, 6.45) is 5.04. The maximum Gasteiger partial charge on any atom is 0.252 e. The molecule has 5 nitrogen and oxygen atoms in total. The van der Waals surface area contributed by atoms with Crippen molar-refractivity contribution in [2.24, 2.45) is 0 Å². The van der Waals surface area contributed by atoms with E-state index in [1.807, 2.05) is 0 Å². The number of carbonyl (C=O) groups excluding carboxylic acids is 1. The number of hydrogen-bond acceptors (Lipinski definition) is 3. The molecule has 2 rings (SSSR count). The van der Waals surface area contributed by atoms with Crippen LogP contribution in [0.3, 0.4) is 0 Å². The Kier molecular flexibility index (Phi) is 2.33. The lowest BCUT2D eigenvalue weighted by Crippen LogP contribution is -2.23. The predicted molar refractivity (Wildman–Crippen MR) is 55.1 cm³/mol. The highest BCUT2D eigenvalue weighted by Gasteiger charge is 2.06. The van der Waals surface area contributed by atoms with Gasteiger partial charge in [-0.25, -0.2) is 0 Å². The zero-order chi connectivity index (χ0) is 10.7. The number of hydrogen-bond donors (Lipinski definition) is 2. The first-order chi connectivity index (χ1) is 7.31. The largest absolute Gasteiger partial charge is 0.341 e. The zero-order valence-electron chi connectivity index (χ0n) is 7.82. The van der Waals surface area contributed by atoms with Gasteiger partial charge in [-0.05, 0) is 18.2 Å². The second-order valence-electron chi connectivity index (χ2n) is 2.91. The quantitative estimate of drug-likeness (QED) is 0.686. The lowest BCUT2D eigenvalue weighted by atomic mass is 10.2. The van der Waals surface area contributed by atoms with Crippen molar-refractivity contribution in [3.05, 3.63) is 23.8 Å². The van der Waals surface area contributed by atoms with E-state index in [-0.39, 0.29) is 12.5 Å². The number of terminal acetylenes is 1.